The normalized spacial score (nSPS) is 10.1. The summed E-state index contributed by atoms with van der Waals surface area (Å²) in [5, 5.41) is 8.69. The van der Waals surface area contributed by atoms with E-state index in [1.54, 1.807) is 14.2 Å². The first-order valence-corrected chi connectivity index (χ1v) is 5.55. The van der Waals surface area contributed by atoms with Crippen molar-refractivity contribution in [1.82, 2.24) is 4.90 Å². The zero-order valence-corrected chi connectivity index (χ0v) is 10.6. The van der Waals surface area contributed by atoms with E-state index in [2.05, 4.69) is 11.0 Å². The van der Waals surface area contributed by atoms with Crippen LogP contribution in [0.2, 0.25) is 0 Å². The van der Waals surface area contributed by atoms with Crippen molar-refractivity contribution in [2.75, 3.05) is 27.3 Å². The predicted octanol–water partition coefficient (Wildman–Crippen LogP) is 2.05. The number of hydrogen-bond acceptors (Lipinski definition) is 4. The molecular weight excluding hydrogens is 216 g/mol. The average Bonchev–Trinajstić information content (AvgIpc) is 2.38. The summed E-state index contributed by atoms with van der Waals surface area (Å²) < 4.78 is 10.4. The average molecular weight is 234 g/mol. The highest BCUT2D eigenvalue weighted by molar-refractivity contribution is 5.42. The second kappa shape index (κ2) is 6.77. The minimum Gasteiger partial charge on any atom is -0.493 e. The Morgan fingerprint density at radius 1 is 1.24 bits per heavy atom. The third kappa shape index (κ3) is 3.65. The van der Waals surface area contributed by atoms with Crippen LogP contribution in [0.5, 0.6) is 11.5 Å². The summed E-state index contributed by atoms with van der Waals surface area (Å²) in [4.78, 5) is 2.06. The Morgan fingerprint density at radius 2 is 1.94 bits per heavy atom. The molecule has 92 valence electrons. The molecule has 1 rings (SSSR count). The van der Waals surface area contributed by atoms with Gasteiger partial charge in [-0.15, -0.1) is 0 Å². The van der Waals surface area contributed by atoms with E-state index in [0.717, 1.165) is 30.2 Å². The van der Waals surface area contributed by atoms with Crippen molar-refractivity contribution in [3.63, 3.8) is 0 Å². The van der Waals surface area contributed by atoms with Crippen LogP contribution in [0.3, 0.4) is 0 Å². The number of nitrogens with zero attached hydrogens (tertiary/aromatic N) is 2. The molecular formula is C13H18N2O2. The highest BCUT2D eigenvalue weighted by Crippen LogP contribution is 2.27. The van der Waals surface area contributed by atoms with Crippen molar-refractivity contribution in [1.29, 1.82) is 5.26 Å². The van der Waals surface area contributed by atoms with Crippen molar-refractivity contribution >= 4 is 0 Å². The van der Waals surface area contributed by atoms with Gasteiger partial charge in [0.25, 0.3) is 0 Å². The van der Waals surface area contributed by atoms with Crippen molar-refractivity contribution in [2.45, 2.75) is 13.5 Å². The Kier molecular flexibility index (Phi) is 5.31. The standard InChI is InChI=1S/C13H18N2O2/c1-4-15(8-7-14)10-11-5-6-12(16-2)13(9-11)17-3/h5-6,9H,4,8,10H2,1-3H3. The van der Waals surface area contributed by atoms with Crippen LogP contribution in [0.4, 0.5) is 0 Å². The molecule has 0 N–H and O–H groups in total. The molecule has 0 saturated carbocycles. The first-order chi connectivity index (χ1) is 8.24. The van der Waals surface area contributed by atoms with Crippen LogP contribution in [0.1, 0.15) is 12.5 Å². The number of nitriles is 1. The quantitative estimate of drug-likeness (QED) is 0.707. The molecule has 4 nitrogen and oxygen atoms in total. The van der Waals surface area contributed by atoms with Crippen molar-refractivity contribution in [2.24, 2.45) is 0 Å². The first kappa shape index (κ1) is 13.3. The maximum Gasteiger partial charge on any atom is 0.161 e. The molecule has 1 aromatic rings. The highest BCUT2D eigenvalue weighted by Gasteiger charge is 2.07. The first-order valence-electron chi connectivity index (χ1n) is 5.55. The van der Waals surface area contributed by atoms with Gasteiger partial charge in [0, 0.05) is 6.54 Å². The SMILES string of the molecule is CCN(CC#N)Cc1ccc(OC)c(OC)c1. The maximum atomic E-state index is 8.69. The van der Waals surface area contributed by atoms with Crippen LogP contribution in [0, 0.1) is 11.3 Å². The Morgan fingerprint density at radius 3 is 2.47 bits per heavy atom. The van der Waals surface area contributed by atoms with Gasteiger partial charge >= 0.3 is 0 Å². The second-order valence-electron chi connectivity index (χ2n) is 3.65. The van der Waals surface area contributed by atoms with Gasteiger partial charge < -0.3 is 9.47 Å². The number of benzene rings is 1. The molecule has 0 aliphatic rings. The van der Waals surface area contributed by atoms with Gasteiger partial charge in [0.1, 0.15) is 0 Å². The van der Waals surface area contributed by atoms with Gasteiger partial charge in [0.2, 0.25) is 0 Å². The molecule has 0 aliphatic heterocycles. The van der Waals surface area contributed by atoms with Gasteiger partial charge in [-0.3, -0.25) is 4.90 Å². The number of ether oxygens (including phenoxy) is 2. The number of rotatable bonds is 6. The van der Waals surface area contributed by atoms with Gasteiger partial charge in [-0.2, -0.15) is 5.26 Å². The Balaban J connectivity index is 2.81. The monoisotopic (exact) mass is 234 g/mol. The second-order valence-corrected chi connectivity index (χ2v) is 3.65. The molecule has 0 aromatic heterocycles. The van der Waals surface area contributed by atoms with Crippen molar-refractivity contribution < 1.29 is 9.47 Å². The fourth-order valence-corrected chi connectivity index (χ4v) is 1.62. The van der Waals surface area contributed by atoms with Crippen LogP contribution >= 0.6 is 0 Å². The van der Waals surface area contributed by atoms with Gasteiger partial charge in [0.05, 0.1) is 26.8 Å². The summed E-state index contributed by atoms with van der Waals surface area (Å²) in [6.07, 6.45) is 0. The van der Waals surface area contributed by atoms with Crippen LogP contribution in [-0.4, -0.2) is 32.2 Å². The summed E-state index contributed by atoms with van der Waals surface area (Å²) in [6.45, 7) is 4.06. The van der Waals surface area contributed by atoms with Crippen LogP contribution in [0.15, 0.2) is 18.2 Å². The molecule has 4 heteroatoms. The molecule has 1 aromatic carbocycles. The predicted molar refractivity (Wildman–Crippen MR) is 66.1 cm³/mol. The van der Waals surface area contributed by atoms with Gasteiger partial charge in [0.15, 0.2) is 11.5 Å². The molecule has 0 bridgehead atoms. The van der Waals surface area contributed by atoms with E-state index < -0.39 is 0 Å². The van der Waals surface area contributed by atoms with E-state index in [9.17, 15) is 0 Å². The molecule has 0 heterocycles. The molecule has 0 amide bonds. The van der Waals surface area contributed by atoms with Gasteiger partial charge in [-0.1, -0.05) is 13.0 Å². The van der Waals surface area contributed by atoms with E-state index >= 15 is 0 Å². The molecule has 0 atom stereocenters. The maximum absolute atomic E-state index is 8.69. The molecule has 0 saturated heterocycles. The van der Waals surface area contributed by atoms with Crippen molar-refractivity contribution in [3.8, 4) is 17.6 Å². The third-order valence-electron chi connectivity index (χ3n) is 2.60. The van der Waals surface area contributed by atoms with E-state index in [1.807, 2.05) is 25.1 Å². The minimum absolute atomic E-state index is 0.435. The Hall–Kier alpha value is -1.73. The zero-order valence-electron chi connectivity index (χ0n) is 10.6. The smallest absolute Gasteiger partial charge is 0.161 e. The van der Waals surface area contributed by atoms with E-state index in [4.69, 9.17) is 14.7 Å². The molecule has 0 spiro atoms. The molecule has 17 heavy (non-hydrogen) atoms. The fraction of sp³-hybridized carbons (Fsp3) is 0.462. The van der Waals surface area contributed by atoms with Gasteiger partial charge in [-0.25, -0.2) is 0 Å². The van der Waals surface area contributed by atoms with Crippen LogP contribution < -0.4 is 9.47 Å². The lowest BCUT2D eigenvalue weighted by atomic mass is 10.2. The van der Waals surface area contributed by atoms with Gasteiger partial charge in [-0.05, 0) is 24.2 Å². The zero-order chi connectivity index (χ0) is 12.7. The number of hydrogen-bond donors (Lipinski definition) is 0. The molecule has 0 fully saturated rings. The highest BCUT2D eigenvalue weighted by atomic mass is 16.5. The lowest BCUT2D eigenvalue weighted by molar-refractivity contribution is 0.312. The summed E-state index contributed by atoms with van der Waals surface area (Å²) in [5.41, 5.74) is 1.11. The van der Waals surface area contributed by atoms with Crippen molar-refractivity contribution in [3.05, 3.63) is 23.8 Å². The van der Waals surface area contributed by atoms with Crippen LogP contribution in [0.25, 0.3) is 0 Å². The summed E-state index contributed by atoms with van der Waals surface area (Å²) in [6, 6.07) is 7.97. The lowest BCUT2D eigenvalue weighted by Gasteiger charge is -2.17. The summed E-state index contributed by atoms with van der Waals surface area (Å²) in [7, 11) is 3.24. The Labute approximate surface area is 102 Å². The fourth-order valence-electron chi connectivity index (χ4n) is 1.62. The van der Waals surface area contributed by atoms with E-state index in [0.29, 0.717) is 6.54 Å². The third-order valence-corrected chi connectivity index (χ3v) is 2.60. The summed E-state index contributed by atoms with van der Waals surface area (Å²) in [5.74, 6) is 1.44. The number of methoxy groups -OCH3 is 2. The summed E-state index contributed by atoms with van der Waals surface area (Å²) >= 11 is 0. The lowest BCUT2D eigenvalue weighted by Crippen LogP contribution is -2.22. The van der Waals surface area contributed by atoms with E-state index in [-0.39, 0.29) is 0 Å². The molecule has 0 radical (unpaired) electrons. The minimum atomic E-state index is 0.435. The molecule has 0 aliphatic carbocycles. The Bertz CT molecular complexity index is 399. The molecule has 0 unspecified atom stereocenters. The van der Waals surface area contributed by atoms with Crippen LogP contribution in [-0.2, 0) is 6.54 Å². The largest absolute Gasteiger partial charge is 0.493 e. The topological polar surface area (TPSA) is 45.5 Å². The van der Waals surface area contributed by atoms with E-state index in [1.165, 1.54) is 0 Å².